The number of aliphatic carboxylic acids is 1. The van der Waals surface area contributed by atoms with Crippen molar-refractivity contribution in [1.29, 1.82) is 0 Å². The van der Waals surface area contributed by atoms with Crippen LogP contribution in [-0.4, -0.2) is 40.2 Å². The number of rotatable bonds is 5. The van der Waals surface area contributed by atoms with Gasteiger partial charge in [-0.25, -0.2) is 4.79 Å². The van der Waals surface area contributed by atoms with Gasteiger partial charge < -0.3 is 15.7 Å². The molecule has 96 valence electrons. The zero-order valence-corrected chi connectivity index (χ0v) is 10.6. The molecule has 4 atom stereocenters. The number of amides is 2. The molecule has 0 spiro atoms. The van der Waals surface area contributed by atoms with Crippen molar-refractivity contribution in [2.24, 2.45) is 5.92 Å². The van der Waals surface area contributed by atoms with E-state index in [2.05, 4.69) is 10.6 Å². The van der Waals surface area contributed by atoms with Crippen LogP contribution in [0.4, 0.5) is 4.79 Å². The van der Waals surface area contributed by atoms with Gasteiger partial charge in [-0.05, 0) is 12.8 Å². The molecule has 0 aliphatic carbocycles. The molecular formula is C11H18N2O3S. The molecule has 2 aliphatic heterocycles. The van der Waals surface area contributed by atoms with Crippen molar-refractivity contribution in [3.63, 3.8) is 0 Å². The Labute approximate surface area is 105 Å². The second-order valence-electron chi connectivity index (χ2n) is 4.79. The van der Waals surface area contributed by atoms with E-state index >= 15 is 0 Å². The summed E-state index contributed by atoms with van der Waals surface area (Å²) in [6, 6.07) is 0.422. The van der Waals surface area contributed by atoms with Crippen molar-refractivity contribution < 1.29 is 14.7 Å². The van der Waals surface area contributed by atoms with Gasteiger partial charge in [0.05, 0.1) is 18.0 Å². The molecule has 2 fully saturated rings. The van der Waals surface area contributed by atoms with Crippen molar-refractivity contribution in [1.82, 2.24) is 10.6 Å². The molecule has 0 aromatic heterocycles. The maximum Gasteiger partial charge on any atom is 0.315 e. The minimum atomic E-state index is -0.724. The highest BCUT2D eigenvalue weighted by Crippen LogP contribution is 2.33. The van der Waals surface area contributed by atoms with Crippen LogP contribution in [0.1, 0.15) is 26.2 Å². The van der Waals surface area contributed by atoms with Gasteiger partial charge in [0.2, 0.25) is 0 Å². The van der Waals surface area contributed by atoms with Gasteiger partial charge in [-0.3, -0.25) is 4.79 Å². The second kappa shape index (κ2) is 5.16. The lowest BCUT2D eigenvalue weighted by molar-refractivity contribution is -0.141. The minimum Gasteiger partial charge on any atom is -0.481 e. The number of carbonyl (C=O) groups is 2. The van der Waals surface area contributed by atoms with E-state index in [4.69, 9.17) is 5.11 Å². The molecule has 17 heavy (non-hydrogen) atoms. The number of carboxylic acids is 1. The molecular weight excluding hydrogens is 240 g/mol. The van der Waals surface area contributed by atoms with Crippen molar-refractivity contribution in [3.8, 4) is 0 Å². The van der Waals surface area contributed by atoms with Crippen LogP contribution in [0, 0.1) is 5.92 Å². The van der Waals surface area contributed by atoms with Crippen molar-refractivity contribution in [2.45, 2.75) is 43.5 Å². The van der Waals surface area contributed by atoms with E-state index in [-0.39, 0.29) is 24.0 Å². The summed E-state index contributed by atoms with van der Waals surface area (Å²) in [6.07, 6.45) is 2.60. The van der Waals surface area contributed by atoms with E-state index < -0.39 is 5.97 Å². The molecule has 3 N–H and O–H groups in total. The third kappa shape index (κ3) is 2.86. The van der Waals surface area contributed by atoms with E-state index in [9.17, 15) is 9.59 Å². The smallest absolute Gasteiger partial charge is 0.315 e. The second-order valence-corrected chi connectivity index (χ2v) is 6.06. The summed E-state index contributed by atoms with van der Waals surface area (Å²) in [7, 11) is 0. The number of fused-ring (bicyclic) bond motifs is 1. The number of nitrogens with one attached hydrogen (secondary N) is 2. The monoisotopic (exact) mass is 258 g/mol. The van der Waals surface area contributed by atoms with Gasteiger partial charge in [0.25, 0.3) is 0 Å². The van der Waals surface area contributed by atoms with Gasteiger partial charge in [0.1, 0.15) is 0 Å². The predicted molar refractivity (Wildman–Crippen MR) is 66.1 cm³/mol. The molecule has 0 unspecified atom stereocenters. The molecule has 2 aliphatic rings. The average molecular weight is 258 g/mol. The zero-order valence-electron chi connectivity index (χ0n) is 9.81. The highest BCUT2D eigenvalue weighted by molar-refractivity contribution is 8.00. The van der Waals surface area contributed by atoms with Crippen LogP contribution in [0.15, 0.2) is 0 Å². The third-order valence-corrected chi connectivity index (χ3v) is 4.99. The van der Waals surface area contributed by atoms with Crippen molar-refractivity contribution in [3.05, 3.63) is 0 Å². The van der Waals surface area contributed by atoms with Crippen LogP contribution in [0.25, 0.3) is 0 Å². The number of hydrogen-bond acceptors (Lipinski definition) is 3. The first kappa shape index (κ1) is 12.5. The molecule has 0 saturated carbocycles. The lowest BCUT2D eigenvalue weighted by Gasteiger charge is -2.17. The Morgan fingerprint density at radius 1 is 1.59 bits per heavy atom. The lowest BCUT2D eigenvalue weighted by atomic mass is 9.99. The van der Waals surface area contributed by atoms with E-state index in [1.165, 1.54) is 0 Å². The average Bonchev–Trinajstić information content (AvgIpc) is 2.78. The van der Waals surface area contributed by atoms with E-state index in [0.29, 0.717) is 11.7 Å². The Morgan fingerprint density at radius 3 is 3.06 bits per heavy atom. The SMILES string of the molecule is C[C@H](CCC[C@@H]1SC[C@H]2NC(=O)N[C@H]12)C(=O)O. The van der Waals surface area contributed by atoms with Gasteiger partial charge >= 0.3 is 12.0 Å². The number of carbonyl (C=O) groups excluding carboxylic acids is 1. The summed E-state index contributed by atoms with van der Waals surface area (Å²) < 4.78 is 0. The summed E-state index contributed by atoms with van der Waals surface area (Å²) in [4.78, 5) is 21.8. The number of urea groups is 1. The molecule has 0 aromatic carbocycles. The Kier molecular flexibility index (Phi) is 3.81. The van der Waals surface area contributed by atoms with Gasteiger partial charge in [0, 0.05) is 11.0 Å². The fraction of sp³-hybridized carbons (Fsp3) is 0.818. The first-order valence-corrected chi connectivity index (χ1v) is 7.04. The number of carboxylic acid groups (broad SMARTS) is 1. The lowest BCUT2D eigenvalue weighted by Crippen LogP contribution is -2.36. The Balaban J connectivity index is 1.73. The molecule has 2 amide bonds. The van der Waals surface area contributed by atoms with E-state index in [1.807, 2.05) is 11.8 Å². The van der Waals surface area contributed by atoms with Crippen LogP contribution in [0.2, 0.25) is 0 Å². The Hall–Kier alpha value is -0.910. The standard InChI is InChI=1S/C11H18N2O3S/c1-6(10(14)15)3-2-4-8-9-7(5-17-8)12-11(16)13-9/h6-9H,2-5H2,1H3,(H,14,15)(H2,12,13,16)/t6-,7-,8+,9+/m1/s1. The minimum absolute atomic E-state index is 0.0656. The molecule has 2 rings (SSSR count). The van der Waals surface area contributed by atoms with Crippen molar-refractivity contribution in [2.75, 3.05) is 5.75 Å². The zero-order chi connectivity index (χ0) is 12.4. The van der Waals surface area contributed by atoms with E-state index in [0.717, 1.165) is 18.6 Å². The largest absolute Gasteiger partial charge is 0.481 e. The fourth-order valence-electron chi connectivity index (χ4n) is 2.39. The van der Waals surface area contributed by atoms with E-state index in [1.54, 1.807) is 6.92 Å². The molecule has 6 heteroatoms. The van der Waals surface area contributed by atoms with Gasteiger partial charge in [-0.15, -0.1) is 0 Å². The van der Waals surface area contributed by atoms with Crippen LogP contribution in [-0.2, 0) is 4.79 Å². The Bertz CT molecular complexity index is 324. The molecule has 2 heterocycles. The molecule has 0 radical (unpaired) electrons. The van der Waals surface area contributed by atoms with Crippen LogP contribution >= 0.6 is 11.8 Å². The predicted octanol–water partition coefficient (Wildman–Crippen LogP) is 1.04. The highest BCUT2D eigenvalue weighted by Gasteiger charge is 2.42. The quantitative estimate of drug-likeness (QED) is 0.644. The normalized spacial score (nSPS) is 32.8. The highest BCUT2D eigenvalue weighted by atomic mass is 32.2. The van der Waals surface area contributed by atoms with Crippen LogP contribution in [0.3, 0.4) is 0 Å². The van der Waals surface area contributed by atoms with Crippen LogP contribution in [0.5, 0.6) is 0 Å². The first-order chi connectivity index (χ1) is 8.08. The summed E-state index contributed by atoms with van der Waals surface area (Å²) in [5, 5.41) is 15.1. The summed E-state index contributed by atoms with van der Waals surface area (Å²) in [5.74, 6) is -0.0333. The van der Waals surface area contributed by atoms with Gasteiger partial charge in [-0.1, -0.05) is 13.3 Å². The van der Waals surface area contributed by atoms with Gasteiger partial charge in [0.15, 0.2) is 0 Å². The third-order valence-electron chi connectivity index (χ3n) is 3.49. The molecule has 0 aromatic rings. The summed E-state index contributed by atoms with van der Waals surface area (Å²) in [6.45, 7) is 1.74. The maximum absolute atomic E-state index is 11.2. The molecule has 5 nitrogen and oxygen atoms in total. The van der Waals surface area contributed by atoms with Crippen LogP contribution < -0.4 is 10.6 Å². The maximum atomic E-state index is 11.2. The summed E-state index contributed by atoms with van der Waals surface area (Å²) >= 11 is 1.87. The van der Waals surface area contributed by atoms with Crippen molar-refractivity contribution >= 4 is 23.8 Å². The number of hydrogen-bond donors (Lipinski definition) is 3. The van der Waals surface area contributed by atoms with Gasteiger partial charge in [-0.2, -0.15) is 11.8 Å². The number of thioether (sulfide) groups is 1. The molecule has 0 bridgehead atoms. The topological polar surface area (TPSA) is 78.4 Å². The Morgan fingerprint density at radius 2 is 2.35 bits per heavy atom. The molecule has 2 saturated heterocycles. The fourth-order valence-corrected chi connectivity index (χ4v) is 3.94. The first-order valence-electron chi connectivity index (χ1n) is 5.99. The summed E-state index contributed by atoms with van der Waals surface area (Å²) in [5.41, 5.74) is 0.